The van der Waals surface area contributed by atoms with Gasteiger partial charge in [-0.15, -0.1) is 0 Å². The number of carboxylic acids is 1. The normalized spacial score (nSPS) is 14.0. The average Bonchev–Trinajstić information content (AvgIpc) is 2.17. The first-order valence-electron chi connectivity index (χ1n) is 4.45. The van der Waals surface area contributed by atoms with E-state index in [1.165, 1.54) is 13.8 Å². The number of hydrogen-bond donors (Lipinski definition) is 1. The van der Waals surface area contributed by atoms with Crippen molar-refractivity contribution >= 4 is 11.9 Å². The summed E-state index contributed by atoms with van der Waals surface area (Å²) in [6, 6.07) is 8.37. The van der Waals surface area contributed by atoms with E-state index in [0.29, 0.717) is 5.56 Å². The van der Waals surface area contributed by atoms with Crippen molar-refractivity contribution in [1.82, 2.24) is 0 Å². The molecular formula is C11H12O4. The van der Waals surface area contributed by atoms with Crippen molar-refractivity contribution in [1.29, 1.82) is 0 Å². The Balaban J connectivity index is 3.13. The Morgan fingerprint density at radius 3 is 2.20 bits per heavy atom. The maximum absolute atomic E-state index is 11.1. The van der Waals surface area contributed by atoms with Crippen LogP contribution in [0.2, 0.25) is 0 Å². The van der Waals surface area contributed by atoms with Gasteiger partial charge in [0.1, 0.15) is 0 Å². The van der Waals surface area contributed by atoms with Crippen LogP contribution in [0.3, 0.4) is 0 Å². The molecule has 0 aromatic heterocycles. The average molecular weight is 208 g/mol. The second-order valence-electron chi connectivity index (χ2n) is 3.30. The fraction of sp³-hybridized carbons (Fsp3) is 0.273. The van der Waals surface area contributed by atoms with E-state index >= 15 is 0 Å². The molecule has 0 aliphatic carbocycles. The molecule has 0 radical (unpaired) electrons. The molecule has 1 atom stereocenters. The lowest BCUT2D eigenvalue weighted by atomic mass is 9.96. The zero-order valence-electron chi connectivity index (χ0n) is 8.56. The van der Waals surface area contributed by atoms with E-state index in [1.807, 2.05) is 0 Å². The molecule has 0 heterocycles. The van der Waals surface area contributed by atoms with Crippen molar-refractivity contribution < 1.29 is 19.4 Å². The van der Waals surface area contributed by atoms with Gasteiger partial charge in [-0.1, -0.05) is 30.3 Å². The predicted molar refractivity (Wildman–Crippen MR) is 53.2 cm³/mol. The third kappa shape index (κ3) is 2.34. The summed E-state index contributed by atoms with van der Waals surface area (Å²) in [4.78, 5) is 21.9. The van der Waals surface area contributed by atoms with Gasteiger partial charge in [0.05, 0.1) is 0 Å². The lowest BCUT2D eigenvalue weighted by molar-refractivity contribution is -0.176. The Labute approximate surface area is 87.5 Å². The Morgan fingerprint density at radius 2 is 1.80 bits per heavy atom. The van der Waals surface area contributed by atoms with Crippen LogP contribution >= 0.6 is 0 Å². The van der Waals surface area contributed by atoms with Crippen molar-refractivity contribution in [3.05, 3.63) is 35.9 Å². The maximum Gasteiger partial charge on any atom is 0.352 e. The summed E-state index contributed by atoms with van der Waals surface area (Å²) in [5.74, 6) is -1.81. The molecule has 1 aromatic carbocycles. The molecule has 0 saturated heterocycles. The highest BCUT2D eigenvalue weighted by Gasteiger charge is 2.38. The van der Waals surface area contributed by atoms with Gasteiger partial charge >= 0.3 is 11.9 Å². The minimum Gasteiger partial charge on any atom is -0.478 e. The highest BCUT2D eigenvalue weighted by atomic mass is 16.6. The number of rotatable bonds is 3. The van der Waals surface area contributed by atoms with Crippen LogP contribution in [0, 0.1) is 0 Å². The van der Waals surface area contributed by atoms with E-state index in [9.17, 15) is 9.59 Å². The van der Waals surface area contributed by atoms with Gasteiger partial charge in [0.25, 0.3) is 0 Å². The zero-order valence-corrected chi connectivity index (χ0v) is 8.56. The number of ether oxygens (including phenoxy) is 1. The van der Waals surface area contributed by atoms with Crippen LogP contribution in [0.4, 0.5) is 0 Å². The molecule has 0 amide bonds. The fourth-order valence-corrected chi connectivity index (χ4v) is 1.27. The minimum absolute atomic E-state index is 0.438. The number of carboxylic acid groups (broad SMARTS) is 1. The molecule has 0 bridgehead atoms. The molecule has 1 aromatic rings. The second kappa shape index (κ2) is 4.13. The smallest absolute Gasteiger partial charge is 0.352 e. The number of carbonyl (C=O) groups excluding carboxylic acids is 1. The number of hydrogen-bond acceptors (Lipinski definition) is 3. The lowest BCUT2D eigenvalue weighted by Crippen LogP contribution is -2.37. The summed E-state index contributed by atoms with van der Waals surface area (Å²) in [5.41, 5.74) is -1.18. The van der Waals surface area contributed by atoms with Gasteiger partial charge in [-0.05, 0) is 6.92 Å². The van der Waals surface area contributed by atoms with Gasteiger partial charge in [0, 0.05) is 12.5 Å². The topological polar surface area (TPSA) is 63.6 Å². The van der Waals surface area contributed by atoms with E-state index in [-0.39, 0.29) is 0 Å². The van der Waals surface area contributed by atoms with Crippen molar-refractivity contribution in [3.63, 3.8) is 0 Å². The van der Waals surface area contributed by atoms with Gasteiger partial charge in [-0.2, -0.15) is 0 Å². The van der Waals surface area contributed by atoms with Gasteiger partial charge in [-0.3, -0.25) is 4.79 Å². The third-order valence-corrected chi connectivity index (χ3v) is 2.08. The first-order valence-corrected chi connectivity index (χ1v) is 4.45. The number of aliphatic carboxylic acids is 1. The highest BCUT2D eigenvalue weighted by Crippen LogP contribution is 2.25. The summed E-state index contributed by atoms with van der Waals surface area (Å²) >= 11 is 0. The van der Waals surface area contributed by atoms with Gasteiger partial charge < -0.3 is 9.84 Å². The highest BCUT2D eigenvalue weighted by molar-refractivity contribution is 5.82. The van der Waals surface area contributed by atoms with Crippen LogP contribution in [0.1, 0.15) is 19.4 Å². The number of carbonyl (C=O) groups is 2. The van der Waals surface area contributed by atoms with Crippen LogP contribution in [0.15, 0.2) is 30.3 Å². The van der Waals surface area contributed by atoms with E-state index < -0.39 is 17.5 Å². The molecule has 0 spiro atoms. The first-order chi connectivity index (χ1) is 6.97. The summed E-state index contributed by atoms with van der Waals surface area (Å²) in [6.45, 7) is 2.54. The van der Waals surface area contributed by atoms with Crippen LogP contribution in [-0.4, -0.2) is 17.0 Å². The Hall–Kier alpha value is -1.84. The van der Waals surface area contributed by atoms with Gasteiger partial charge in [0.15, 0.2) is 0 Å². The zero-order chi connectivity index (χ0) is 11.5. The molecule has 15 heavy (non-hydrogen) atoms. The quantitative estimate of drug-likeness (QED) is 0.765. The molecule has 0 aliphatic heterocycles. The molecule has 0 unspecified atom stereocenters. The Bertz CT molecular complexity index is 371. The summed E-state index contributed by atoms with van der Waals surface area (Å²) in [7, 11) is 0. The van der Waals surface area contributed by atoms with Crippen LogP contribution in [0.25, 0.3) is 0 Å². The van der Waals surface area contributed by atoms with E-state index in [0.717, 1.165) is 0 Å². The molecule has 80 valence electrons. The lowest BCUT2D eigenvalue weighted by Gasteiger charge is -2.24. The second-order valence-corrected chi connectivity index (χ2v) is 3.30. The van der Waals surface area contributed by atoms with E-state index in [4.69, 9.17) is 9.84 Å². The Kier molecular flexibility index (Phi) is 3.09. The van der Waals surface area contributed by atoms with Gasteiger partial charge in [-0.25, -0.2) is 4.79 Å². The number of esters is 1. The third-order valence-electron chi connectivity index (χ3n) is 2.08. The number of benzene rings is 1. The SMILES string of the molecule is CC(=O)O[C@@](C)(C(=O)O)c1ccccc1. The minimum atomic E-state index is -1.62. The first kappa shape index (κ1) is 11.2. The standard InChI is InChI=1S/C11H12O4/c1-8(12)15-11(2,10(13)14)9-6-4-3-5-7-9/h3-7H,1-2H3,(H,13,14)/t11-/m1/s1. The molecule has 4 nitrogen and oxygen atoms in total. The van der Waals surface area contributed by atoms with E-state index in [2.05, 4.69) is 0 Å². The monoisotopic (exact) mass is 208 g/mol. The van der Waals surface area contributed by atoms with Crippen LogP contribution in [0.5, 0.6) is 0 Å². The van der Waals surface area contributed by atoms with Crippen molar-refractivity contribution in [2.45, 2.75) is 19.4 Å². The summed E-state index contributed by atoms with van der Waals surface area (Å²) in [5, 5.41) is 9.06. The molecule has 0 saturated carbocycles. The molecule has 4 heteroatoms. The van der Waals surface area contributed by atoms with Crippen molar-refractivity contribution in [3.8, 4) is 0 Å². The van der Waals surface area contributed by atoms with Gasteiger partial charge in [0.2, 0.25) is 5.60 Å². The Morgan fingerprint density at radius 1 is 1.27 bits per heavy atom. The summed E-state index contributed by atoms with van der Waals surface area (Å²) < 4.78 is 4.85. The summed E-state index contributed by atoms with van der Waals surface area (Å²) in [6.07, 6.45) is 0. The van der Waals surface area contributed by atoms with Crippen molar-refractivity contribution in [2.24, 2.45) is 0 Å². The molecule has 0 aliphatic rings. The molecular weight excluding hydrogens is 196 g/mol. The van der Waals surface area contributed by atoms with Crippen molar-refractivity contribution in [2.75, 3.05) is 0 Å². The molecule has 0 fully saturated rings. The predicted octanol–water partition coefficient (Wildman–Crippen LogP) is 1.55. The maximum atomic E-state index is 11.1. The largest absolute Gasteiger partial charge is 0.478 e. The van der Waals surface area contributed by atoms with Crippen LogP contribution in [-0.2, 0) is 19.9 Å². The molecule has 1 rings (SSSR count). The molecule has 1 N–H and O–H groups in total. The van der Waals surface area contributed by atoms with E-state index in [1.54, 1.807) is 30.3 Å². The van der Waals surface area contributed by atoms with Crippen LogP contribution < -0.4 is 0 Å². The fourth-order valence-electron chi connectivity index (χ4n) is 1.27.